The minimum atomic E-state index is 0.944. The lowest BCUT2D eigenvalue weighted by Crippen LogP contribution is -2.46. The summed E-state index contributed by atoms with van der Waals surface area (Å²) >= 11 is 5.52. The Hall–Kier alpha value is -1.06. The number of hydrogen-bond donors (Lipinski definition) is 0. The van der Waals surface area contributed by atoms with Gasteiger partial charge in [-0.3, -0.25) is 4.90 Å². The first-order chi connectivity index (χ1) is 7.90. The van der Waals surface area contributed by atoms with Gasteiger partial charge in [0.2, 0.25) is 0 Å². The Balaban J connectivity index is 1.86. The van der Waals surface area contributed by atoms with E-state index in [9.17, 15) is 0 Å². The van der Waals surface area contributed by atoms with Crippen LogP contribution in [0.15, 0.2) is 36.0 Å². The molecule has 3 nitrogen and oxygen atoms in total. The van der Waals surface area contributed by atoms with Crippen LogP contribution in [0.2, 0.25) is 0 Å². The highest BCUT2D eigenvalue weighted by Gasteiger charge is 2.16. The fraction of sp³-hybridized carbons (Fsp3) is 0.417. The number of piperazine rings is 1. The van der Waals surface area contributed by atoms with Crippen molar-refractivity contribution in [2.24, 2.45) is 0 Å². The van der Waals surface area contributed by atoms with Crippen LogP contribution in [0.1, 0.15) is 0 Å². The Labute approximate surface area is 101 Å². The molecular formula is C12H16ClN3. The van der Waals surface area contributed by atoms with Crippen molar-refractivity contribution in [2.45, 2.75) is 0 Å². The van der Waals surface area contributed by atoms with Gasteiger partial charge < -0.3 is 4.90 Å². The van der Waals surface area contributed by atoms with Crippen LogP contribution in [0.25, 0.3) is 0 Å². The molecule has 2 heterocycles. The lowest BCUT2D eigenvalue weighted by molar-refractivity contribution is 0.283. The summed E-state index contributed by atoms with van der Waals surface area (Å²) in [6, 6.07) is 6.05. The molecule has 4 heteroatoms. The third-order valence-electron chi connectivity index (χ3n) is 2.80. The molecule has 16 heavy (non-hydrogen) atoms. The largest absolute Gasteiger partial charge is 0.354 e. The first kappa shape index (κ1) is 11.4. The molecule has 1 aliphatic heterocycles. The van der Waals surface area contributed by atoms with Gasteiger partial charge in [-0.15, -0.1) is 0 Å². The summed E-state index contributed by atoms with van der Waals surface area (Å²) in [6.45, 7) is 5.15. The Morgan fingerprint density at radius 2 is 2.06 bits per heavy atom. The average Bonchev–Trinajstić information content (AvgIpc) is 2.38. The SMILES string of the molecule is Cl/C=C/CN1CCN(c2ccccn2)CC1. The molecule has 1 aliphatic rings. The summed E-state index contributed by atoms with van der Waals surface area (Å²) in [5.74, 6) is 1.08. The molecule has 0 amide bonds. The second-order valence-electron chi connectivity index (χ2n) is 3.84. The molecule has 0 spiro atoms. The topological polar surface area (TPSA) is 19.4 Å². The number of hydrogen-bond acceptors (Lipinski definition) is 3. The Kier molecular flexibility index (Phi) is 4.19. The van der Waals surface area contributed by atoms with Crippen molar-refractivity contribution in [1.29, 1.82) is 0 Å². The highest BCUT2D eigenvalue weighted by atomic mass is 35.5. The van der Waals surface area contributed by atoms with Crippen molar-refractivity contribution in [2.75, 3.05) is 37.6 Å². The molecule has 1 aromatic heterocycles. The van der Waals surface area contributed by atoms with Crippen LogP contribution in [0, 0.1) is 0 Å². The second-order valence-corrected chi connectivity index (χ2v) is 4.09. The lowest BCUT2D eigenvalue weighted by atomic mass is 10.3. The van der Waals surface area contributed by atoms with Gasteiger partial charge in [-0.1, -0.05) is 23.7 Å². The van der Waals surface area contributed by atoms with E-state index in [0.29, 0.717) is 0 Å². The molecular weight excluding hydrogens is 222 g/mol. The Bertz CT molecular complexity index is 331. The average molecular weight is 238 g/mol. The van der Waals surface area contributed by atoms with Crippen molar-refractivity contribution in [3.05, 3.63) is 36.0 Å². The van der Waals surface area contributed by atoms with E-state index in [1.54, 1.807) is 5.54 Å². The van der Waals surface area contributed by atoms with Crippen LogP contribution in [0.4, 0.5) is 5.82 Å². The molecule has 2 rings (SSSR count). The highest BCUT2D eigenvalue weighted by Crippen LogP contribution is 2.12. The fourth-order valence-electron chi connectivity index (χ4n) is 1.89. The van der Waals surface area contributed by atoms with Crippen molar-refractivity contribution in [1.82, 2.24) is 9.88 Å². The molecule has 0 radical (unpaired) electrons. The zero-order chi connectivity index (χ0) is 11.2. The lowest BCUT2D eigenvalue weighted by Gasteiger charge is -2.34. The number of nitrogens with zero attached hydrogens (tertiary/aromatic N) is 3. The maximum absolute atomic E-state index is 5.52. The number of rotatable bonds is 3. The molecule has 0 aromatic carbocycles. The predicted octanol–water partition coefficient (Wildman–Crippen LogP) is 1.96. The van der Waals surface area contributed by atoms with E-state index >= 15 is 0 Å². The second kappa shape index (κ2) is 5.87. The summed E-state index contributed by atoms with van der Waals surface area (Å²) in [6.07, 6.45) is 3.83. The van der Waals surface area contributed by atoms with Gasteiger partial charge in [-0.25, -0.2) is 4.98 Å². The first-order valence-corrected chi connectivity index (χ1v) is 5.97. The van der Waals surface area contributed by atoms with Gasteiger partial charge >= 0.3 is 0 Å². The van der Waals surface area contributed by atoms with Crippen molar-refractivity contribution >= 4 is 17.4 Å². The minimum Gasteiger partial charge on any atom is -0.354 e. The highest BCUT2D eigenvalue weighted by molar-refractivity contribution is 6.25. The smallest absolute Gasteiger partial charge is 0.128 e. The van der Waals surface area contributed by atoms with Crippen LogP contribution >= 0.6 is 11.6 Å². The van der Waals surface area contributed by atoms with E-state index in [2.05, 4.69) is 20.9 Å². The third-order valence-corrected chi connectivity index (χ3v) is 2.98. The molecule has 0 N–H and O–H groups in total. The molecule has 86 valence electrons. The standard InChI is InChI=1S/C12H16ClN3/c13-5-3-7-15-8-10-16(11-9-15)12-4-1-2-6-14-12/h1-6H,7-11H2/b5-3+. The van der Waals surface area contributed by atoms with E-state index in [0.717, 1.165) is 38.5 Å². The van der Waals surface area contributed by atoms with E-state index in [1.165, 1.54) is 0 Å². The number of halogens is 1. The summed E-state index contributed by atoms with van der Waals surface area (Å²) in [5, 5.41) is 0. The normalized spacial score (nSPS) is 18.2. The van der Waals surface area contributed by atoms with E-state index in [4.69, 9.17) is 11.6 Å². The monoisotopic (exact) mass is 237 g/mol. The quantitative estimate of drug-likeness (QED) is 0.801. The molecule has 0 aliphatic carbocycles. The predicted molar refractivity (Wildman–Crippen MR) is 67.9 cm³/mol. The van der Waals surface area contributed by atoms with Crippen LogP contribution in [-0.2, 0) is 0 Å². The van der Waals surface area contributed by atoms with Crippen LogP contribution in [-0.4, -0.2) is 42.6 Å². The van der Waals surface area contributed by atoms with E-state index in [-0.39, 0.29) is 0 Å². The molecule has 1 fully saturated rings. The van der Waals surface area contributed by atoms with Crippen molar-refractivity contribution in [3.8, 4) is 0 Å². The summed E-state index contributed by atoms with van der Waals surface area (Å²) < 4.78 is 0. The molecule has 1 aromatic rings. The van der Waals surface area contributed by atoms with Gasteiger partial charge in [-0.2, -0.15) is 0 Å². The summed E-state index contributed by atoms with van der Waals surface area (Å²) in [5.41, 5.74) is 1.59. The van der Waals surface area contributed by atoms with E-state index in [1.807, 2.05) is 24.4 Å². The van der Waals surface area contributed by atoms with Crippen LogP contribution < -0.4 is 4.90 Å². The maximum atomic E-state index is 5.52. The van der Waals surface area contributed by atoms with Gasteiger partial charge in [0, 0.05) is 44.5 Å². The molecule has 0 saturated carbocycles. The Morgan fingerprint density at radius 3 is 2.69 bits per heavy atom. The van der Waals surface area contributed by atoms with Crippen LogP contribution in [0.3, 0.4) is 0 Å². The zero-order valence-electron chi connectivity index (χ0n) is 9.22. The van der Waals surface area contributed by atoms with Crippen LogP contribution in [0.5, 0.6) is 0 Å². The molecule has 0 atom stereocenters. The van der Waals surface area contributed by atoms with E-state index < -0.39 is 0 Å². The number of pyridine rings is 1. The fourth-order valence-corrected chi connectivity index (χ4v) is 1.97. The zero-order valence-corrected chi connectivity index (χ0v) is 9.98. The third kappa shape index (κ3) is 2.97. The molecule has 0 unspecified atom stereocenters. The number of anilines is 1. The summed E-state index contributed by atoms with van der Waals surface area (Å²) in [7, 11) is 0. The Morgan fingerprint density at radius 1 is 1.25 bits per heavy atom. The van der Waals surface area contributed by atoms with Gasteiger partial charge in [0.05, 0.1) is 0 Å². The molecule has 1 saturated heterocycles. The van der Waals surface area contributed by atoms with Crippen molar-refractivity contribution < 1.29 is 0 Å². The van der Waals surface area contributed by atoms with Gasteiger partial charge in [-0.05, 0) is 12.1 Å². The summed E-state index contributed by atoms with van der Waals surface area (Å²) in [4.78, 5) is 9.07. The minimum absolute atomic E-state index is 0.944. The molecule has 0 bridgehead atoms. The van der Waals surface area contributed by atoms with Gasteiger partial charge in [0.15, 0.2) is 0 Å². The van der Waals surface area contributed by atoms with Crippen molar-refractivity contribution in [3.63, 3.8) is 0 Å². The maximum Gasteiger partial charge on any atom is 0.128 e. The van der Waals surface area contributed by atoms with Gasteiger partial charge in [0.25, 0.3) is 0 Å². The number of aromatic nitrogens is 1. The van der Waals surface area contributed by atoms with Gasteiger partial charge in [0.1, 0.15) is 5.82 Å². The first-order valence-electron chi connectivity index (χ1n) is 5.54.